The lowest BCUT2D eigenvalue weighted by Gasteiger charge is -2.17. The zero-order chi connectivity index (χ0) is 19.6. The summed E-state index contributed by atoms with van der Waals surface area (Å²) in [6.07, 6.45) is 0. The maximum absolute atomic E-state index is 12.9. The molecule has 0 spiro atoms. The van der Waals surface area contributed by atoms with E-state index in [4.69, 9.17) is 0 Å². The van der Waals surface area contributed by atoms with Gasteiger partial charge in [0.05, 0.1) is 11.1 Å². The molecule has 0 saturated heterocycles. The van der Waals surface area contributed by atoms with E-state index in [2.05, 4.69) is 4.98 Å². The predicted molar refractivity (Wildman–Crippen MR) is 113 cm³/mol. The molecular formula is C20H23N3O2S2. The van der Waals surface area contributed by atoms with Gasteiger partial charge in [-0.25, -0.2) is 4.98 Å². The quantitative estimate of drug-likeness (QED) is 0.465. The number of carbonyl (C=O) groups excluding carboxylic acids is 1. The Morgan fingerprint density at radius 1 is 1.26 bits per heavy atom. The second-order valence-corrected chi connectivity index (χ2v) is 8.58. The molecule has 0 radical (unpaired) electrons. The van der Waals surface area contributed by atoms with Gasteiger partial charge in [0, 0.05) is 25.0 Å². The number of benzene rings is 1. The van der Waals surface area contributed by atoms with E-state index in [1.165, 1.54) is 23.1 Å². The van der Waals surface area contributed by atoms with Gasteiger partial charge in [-0.15, -0.1) is 11.3 Å². The zero-order valence-electron chi connectivity index (χ0n) is 16.0. The lowest BCUT2D eigenvalue weighted by atomic mass is 10.2. The summed E-state index contributed by atoms with van der Waals surface area (Å²) in [7, 11) is 1.80. The van der Waals surface area contributed by atoms with Crippen LogP contribution >= 0.6 is 23.1 Å². The van der Waals surface area contributed by atoms with Gasteiger partial charge in [0.25, 0.3) is 5.56 Å². The summed E-state index contributed by atoms with van der Waals surface area (Å²) in [5.41, 5.74) is 2.08. The van der Waals surface area contributed by atoms with Gasteiger partial charge in [0.15, 0.2) is 5.16 Å². The zero-order valence-corrected chi connectivity index (χ0v) is 17.6. The molecule has 0 saturated carbocycles. The molecule has 142 valence electrons. The number of thioether (sulfide) groups is 1. The molecule has 0 N–H and O–H groups in total. The van der Waals surface area contributed by atoms with Crippen molar-refractivity contribution in [2.24, 2.45) is 0 Å². The van der Waals surface area contributed by atoms with Crippen molar-refractivity contribution in [2.45, 2.75) is 39.0 Å². The van der Waals surface area contributed by atoms with E-state index in [0.29, 0.717) is 23.6 Å². The number of hydrogen-bond donors (Lipinski definition) is 0. The van der Waals surface area contributed by atoms with Gasteiger partial charge in [0.1, 0.15) is 4.83 Å². The monoisotopic (exact) mass is 401 g/mol. The third-order valence-electron chi connectivity index (χ3n) is 4.58. The number of thiophene rings is 1. The molecule has 7 heteroatoms. The van der Waals surface area contributed by atoms with E-state index in [9.17, 15) is 9.59 Å². The first-order valence-electron chi connectivity index (χ1n) is 8.83. The number of hydrogen-bond acceptors (Lipinski definition) is 5. The lowest BCUT2D eigenvalue weighted by molar-refractivity contribution is -0.127. The summed E-state index contributed by atoms with van der Waals surface area (Å²) in [5.74, 6) is 0.268. The van der Waals surface area contributed by atoms with Crippen molar-refractivity contribution in [2.75, 3.05) is 12.8 Å². The number of fused-ring (bicyclic) bond motifs is 1. The maximum atomic E-state index is 12.9. The average Bonchev–Trinajstić information content (AvgIpc) is 2.94. The molecule has 0 aliphatic carbocycles. The Morgan fingerprint density at radius 2 is 1.96 bits per heavy atom. The molecule has 1 amide bonds. The van der Waals surface area contributed by atoms with Crippen LogP contribution in [0.1, 0.15) is 22.9 Å². The average molecular weight is 402 g/mol. The third kappa shape index (κ3) is 4.09. The van der Waals surface area contributed by atoms with Crippen LogP contribution in [0.25, 0.3) is 10.2 Å². The molecule has 27 heavy (non-hydrogen) atoms. The second kappa shape index (κ2) is 8.27. The summed E-state index contributed by atoms with van der Waals surface area (Å²) in [4.78, 5) is 33.6. The number of carbonyl (C=O) groups is 1. The van der Waals surface area contributed by atoms with Crippen LogP contribution in [0.4, 0.5) is 0 Å². The molecule has 0 bridgehead atoms. The van der Waals surface area contributed by atoms with E-state index in [1.807, 2.05) is 51.1 Å². The fraction of sp³-hybridized carbons (Fsp3) is 0.350. The molecule has 2 heterocycles. The van der Waals surface area contributed by atoms with E-state index in [0.717, 1.165) is 20.8 Å². The topological polar surface area (TPSA) is 55.2 Å². The highest BCUT2D eigenvalue weighted by molar-refractivity contribution is 7.99. The number of rotatable bonds is 6. The third-order valence-corrected chi connectivity index (χ3v) is 6.65. The minimum absolute atomic E-state index is 0.0133. The Kier molecular flexibility index (Phi) is 6.01. The summed E-state index contributed by atoms with van der Waals surface area (Å²) in [6.45, 7) is 7.00. The maximum Gasteiger partial charge on any atom is 0.263 e. The SMILES string of the molecule is CCn1c(SCC(=O)N(C)Cc2ccccc2)nc2sc(C)c(C)c2c1=O. The van der Waals surface area contributed by atoms with Crippen molar-refractivity contribution in [1.82, 2.24) is 14.5 Å². The number of aromatic nitrogens is 2. The molecule has 2 aromatic heterocycles. The molecule has 0 unspecified atom stereocenters. The standard InChI is InChI=1S/C20H23N3O2S2/c1-5-23-19(25)17-13(2)14(3)27-18(17)21-20(23)26-12-16(24)22(4)11-15-9-7-6-8-10-15/h6-10H,5,11-12H2,1-4H3. The number of nitrogens with zero attached hydrogens (tertiary/aromatic N) is 3. The highest BCUT2D eigenvalue weighted by atomic mass is 32.2. The van der Waals surface area contributed by atoms with Crippen LogP contribution in [-0.2, 0) is 17.9 Å². The van der Waals surface area contributed by atoms with E-state index >= 15 is 0 Å². The van der Waals surface area contributed by atoms with Crippen molar-refractivity contribution in [3.8, 4) is 0 Å². The van der Waals surface area contributed by atoms with Gasteiger partial charge < -0.3 is 4.90 Å². The molecule has 0 atom stereocenters. The molecule has 0 aliphatic heterocycles. The predicted octanol–water partition coefficient (Wildman–Crippen LogP) is 3.85. The van der Waals surface area contributed by atoms with Crippen LogP contribution in [0.15, 0.2) is 40.3 Å². The number of aryl methyl sites for hydroxylation is 2. The highest BCUT2D eigenvalue weighted by Gasteiger charge is 2.18. The minimum atomic E-state index is -0.0167. The Hall–Kier alpha value is -2.12. The van der Waals surface area contributed by atoms with Gasteiger partial charge in [-0.2, -0.15) is 0 Å². The Bertz CT molecular complexity index is 1030. The smallest absolute Gasteiger partial charge is 0.263 e. The van der Waals surface area contributed by atoms with Gasteiger partial charge in [-0.1, -0.05) is 42.1 Å². The first kappa shape index (κ1) is 19.6. The molecule has 0 fully saturated rings. The Morgan fingerprint density at radius 3 is 2.63 bits per heavy atom. The summed E-state index contributed by atoms with van der Waals surface area (Å²) < 4.78 is 1.66. The molecule has 3 rings (SSSR count). The van der Waals surface area contributed by atoms with Crippen molar-refractivity contribution in [3.05, 3.63) is 56.7 Å². The van der Waals surface area contributed by atoms with Crippen LogP contribution in [0.2, 0.25) is 0 Å². The molecular weight excluding hydrogens is 378 g/mol. The van der Waals surface area contributed by atoms with Gasteiger partial charge in [-0.3, -0.25) is 14.2 Å². The highest BCUT2D eigenvalue weighted by Crippen LogP contribution is 2.28. The van der Waals surface area contributed by atoms with Gasteiger partial charge in [-0.05, 0) is 31.9 Å². The van der Waals surface area contributed by atoms with Gasteiger partial charge >= 0.3 is 0 Å². The Balaban J connectivity index is 1.78. The van der Waals surface area contributed by atoms with Crippen molar-refractivity contribution in [1.29, 1.82) is 0 Å². The van der Waals surface area contributed by atoms with Crippen LogP contribution in [-0.4, -0.2) is 33.2 Å². The molecule has 0 aliphatic rings. The van der Waals surface area contributed by atoms with Crippen molar-refractivity contribution < 1.29 is 4.79 Å². The molecule has 5 nitrogen and oxygen atoms in total. The van der Waals surface area contributed by atoms with Gasteiger partial charge in [0.2, 0.25) is 5.91 Å². The van der Waals surface area contributed by atoms with Crippen molar-refractivity contribution >= 4 is 39.2 Å². The van der Waals surface area contributed by atoms with Crippen LogP contribution in [0, 0.1) is 13.8 Å². The molecule has 1 aromatic carbocycles. The summed E-state index contributed by atoms with van der Waals surface area (Å²) in [5, 5.41) is 1.31. The van der Waals surface area contributed by atoms with E-state index in [1.54, 1.807) is 16.5 Å². The fourth-order valence-electron chi connectivity index (χ4n) is 2.88. The largest absolute Gasteiger partial charge is 0.341 e. The normalized spacial score (nSPS) is 11.1. The minimum Gasteiger partial charge on any atom is -0.341 e. The number of amides is 1. The van der Waals surface area contributed by atoms with Crippen molar-refractivity contribution in [3.63, 3.8) is 0 Å². The first-order chi connectivity index (χ1) is 12.9. The fourth-order valence-corrected chi connectivity index (χ4v) is 4.95. The second-order valence-electron chi connectivity index (χ2n) is 6.43. The van der Waals surface area contributed by atoms with Crippen LogP contribution in [0.3, 0.4) is 0 Å². The van der Waals surface area contributed by atoms with E-state index < -0.39 is 0 Å². The summed E-state index contributed by atoms with van der Waals surface area (Å²) >= 11 is 2.87. The first-order valence-corrected chi connectivity index (χ1v) is 10.6. The van der Waals surface area contributed by atoms with E-state index in [-0.39, 0.29) is 17.2 Å². The lowest BCUT2D eigenvalue weighted by Crippen LogP contribution is -2.28. The Labute approximate surface area is 167 Å². The van der Waals surface area contributed by atoms with Crippen LogP contribution < -0.4 is 5.56 Å². The summed E-state index contributed by atoms with van der Waals surface area (Å²) in [6, 6.07) is 9.89. The van der Waals surface area contributed by atoms with Crippen LogP contribution in [0.5, 0.6) is 0 Å². The molecule has 3 aromatic rings.